The maximum Gasteiger partial charge on any atom is 0.186 e. The molecule has 10 heavy (non-hydrogen) atoms. The van der Waals surface area contributed by atoms with Crippen molar-refractivity contribution in [2.24, 2.45) is 5.73 Å². The summed E-state index contributed by atoms with van der Waals surface area (Å²) in [6.07, 6.45) is 1.56. The molecule has 1 aromatic heterocycles. The minimum atomic E-state index is 0.156. The summed E-state index contributed by atoms with van der Waals surface area (Å²) < 4.78 is 0. The molecule has 0 aromatic carbocycles. The lowest BCUT2D eigenvalue weighted by molar-refractivity contribution is 0.934. The van der Waals surface area contributed by atoms with Crippen LogP contribution >= 0.6 is 12.2 Å². The van der Waals surface area contributed by atoms with Gasteiger partial charge in [0.05, 0.1) is 6.20 Å². The predicted molar refractivity (Wildman–Crippen MR) is 39.9 cm³/mol. The van der Waals surface area contributed by atoms with Crippen LogP contribution in [0.25, 0.3) is 0 Å². The molecule has 0 aliphatic rings. The fourth-order valence-corrected chi connectivity index (χ4v) is 0.439. The zero-order valence-electron chi connectivity index (χ0n) is 4.96. The molecule has 54 valence electrons. The van der Waals surface area contributed by atoms with Crippen LogP contribution in [0.5, 0.6) is 0 Å². The molecule has 0 spiro atoms. The molecule has 0 aliphatic heterocycles. The van der Waals surface area contributed by atoms with Crippen molar-refractivity contribution < 1.29 is 0 Å². The number of aromatic amines is 1. The Balaban J connectivity index is 2.35. The van der Waals surface area contributed by atoms with Gasteiger partial charge in [0.25, 0.3) is 0 Å². The fourth-order valence-electron chi connectivity index (χ4n) is 0.388. The van der Waals surface area contributed by atoms with Crippen LogP contribution in [0.2, 0.25) is 0 Å². The zero-order chi connectivity index (χ0) is 7.40. The van der Waals surface area contributed by atoms with Crippen molar-refractivity contribution in [1.82, 2.24) is 20.8 Å². The third-order valence-corrected chi connectivity index (χ3v) is 0.833. The van der Waals surface area contributed by atoms with E-state index in [1.54, 1.807) is 6.20 Å². The highest BCUT2D eigenvalue weighted by Gasteiger charge is 1.90. The SMILES string of the molecule is NC(=S)NNc1c[nH]nn1. The number of hydrogen-bond donors (Lipinski definition) is 4. The molecule has 1 heterocycles. The van der Waals surface area contributed by atoms with Crippen LogP contribution < -0.4 is 16.6 Å². The Bertz CT molecular complexity index is 205. The summed E-state index contributed by atoms with van der Waals surface area (Å²) in [5, 5.41) is 9.69. The third-order valence-electron chi connectivity index (χ3n) is 0.731. The molecule has 0 aliphatic carbocycles. The van der Waals surface area contributed by atoms with Gasteiger partial charge in [-0.15, -0.1) is 5.10 Å². The van der Waals surface area contributed by atoms with E-state index in [1.165, 1.54) is 0 Å². The lowest BCUT2D eigenvalue weighted by Gasteiger charge is -2.01. The van der Waals surface area contributed by atoms with Gasteiger partial charge in [0.15, 0.2) is 10.9 Å². The highest BCUT2D eigenvalue weighted by Crippen LogP contribution is 1.90. The Kier molecular flexibility index (Phi) is 2.00. The number of anilines is 1. The summed E-state index contributed by atoms with van der Waals surface area (Å²) >= 11 is 4.51. The summed E-state index contributed by atoms with van der Waals surface area (Å²) in [6.45, 7) is 0. The molecule has 0 radical (unpaired) electrons. The topological polar surface area (TPSA) is 91.7 Å². The Morgan fingerprint density at radius 1 is 1.80 bits per heavy atom. The molecule has 0 atom stereocenters. The number of rotatable bonds is 2. The van der Waals surface area contributed by atoms with Crippen molar-refractivity contribution in [2.45, 2.75) is 0 Å². The van der Waals surface area contributed by atoms with Crippen LogP contribution in [-0.4, -0.2) is 20.5 Å². The Morgan fingerprint density at radius 2 is 2.60 bits per heavy atom. The molecule has 1 rings (SSSR count). The first kappa shape index (κ1) is 6.75. The van der Waals surface area contributed by atoms with Gasteiger partial charge in [-0.2, -0.15) is 0 Å². The van der Waals surface area contributed by atoms with Crippen LogP contribution in [0.15, 0.2) is 6.20 Å². The van der Waals surface area contributed by atoms with Crippen molar-refractivity contribution >= 4 is 23.1 Å². The first-order chi connectivity index (χ1) is 4.79. The first-order valence-corrected chi connectivity index (χ1v) is 2.88. The van der Waals surface area contributed by atoms with Crippen LogP contribution in [0.4, 0.5) is 5.82 Å². The average Bonchev–Trinajstić information content (AvgIpc) is 2.34. The van der Waals surface area contributed by atoms with Crippen molar-refractivity contribution in [3.05, 3.63) is 6.20 Å². The van der Waals surface area contributed by atoms with Gasteiger partial charge in [0, 0.05) is 0 Å². The first-order valence-electron chi connectivity index (χ1n) is 2.47. The second-order valence-electron chi connectivity index (χ2n) is 1.47. The average molecular weight is 158 g/mol. The van der Waals surface area contributed by atoms with Gasteiger partial charge in [-0.3, -0.25) is 16.0 Å². The van der Waals surface area contributed by atoms with Crippen LogP contribution in [0.1, 0.15) is 0 Å². The third kappa shape index (κ3) is 1.86. The van der Waals surface area contributed by atoms with E-state index >= 15 is 0 Å². The molecule has 6 nitrogen and oxygen atoms in total. The number of H-pyrrole nitrogens is 1. The molecule has 0 amide bonds. The molecule has 5 N–H and O–H groups in total. The molecule has 0 bridgehead atoms. The quantitative estimate of drug-likeness (QED) is 0.325. The number of nitrogens with zero attached hydrogens (tertiary/aromatic N) is 2. The summed E-state index contributed by atoms with van der Waals surface area (Å²) in [5.41, 5.74) is 10.2. The van der Waals surface area contributed by atoms with Crippen molar-refractivity contribution in [2.75, 3.05) is 5.43 Å². The number of hydrogen-bond acceptors (Lipinski definition) is 4. The Labute approximate surface area is 62.2 Å². The summed E-state index contributed by atoms with van der Waals surface area (Å²) in [6, 6.07) is 0. The van der Waals surface area contributed by atoms with Crippen LogP contribution in [0, 0.1) is 0 Å². The highest BCUT2D eigenvalue weighted by atomic mass is 32.1. The van der Waals surface area contributed by atoms with Crippen molar-refractivity contribution in [1.29, 1.82) is 0 Å². The number of aromatic nitrogens is 3. The Morgan fingerprint density at radius 3 is 3.10 bits per heavy atom. The molecule has 0 unspecified atom stereocenters. The van der Waals surface area contributed by atoms with E-state index in [9.17, 15) is 0 Å². The second-order valence-corrected chi connectivity index (χ2v) is 1.91. The van der Waals surface area contributed by atoms with Gasteiger partial charge < -0.3 is 5.73 Å². The van der Waals surface area contributed by atoms with Gasteiger partial charge in [-0.1, -0.05) is 5.21 Å². The van der Waals surface area contributed by atoms with E-state index < -0.39 is 0 Å². The smallest absolute Gasteiger partial charge is 0.186 e. The number of hydrazine groups is 1. The second kappa shape index (κ2) is 2.97. The van der Waals surface area contributed by atoms with Crippen molar-refractivity contribution in [3.63, 3.8) is 0 Å². The molecular weight excluding hydrogens is 152 g/mol. The van der Waals surface area contributed by atoms with Gasteiger partial charge in [-0.05, 0) is 12.2 Å². The van der Waals surface area contributed by atoms with Crippen LogP contribution in [0.3, 0.4) is 0 Å². The van der Waals surface area contributed by atoms with E-state index in [0.717, 1.165) is 0 Å². The van der Waals surface area contributed by atoms with Gasteiger partial charge in [0.2, 0.25) is 0 Å². The molecule has 0 fully saturated rings. The maximum atomic E-state index is 5.11. The fraction of sp³-hybridized carbons (Fsp3) is 0. The van der Waals surface area contributed by atoms with E-state index in [4.69, 9.17) is 5.73 Å². The predicted octanol–water partition coefficient (Wildman–Crippen LogP) is -1.04. The summed E-state index contributed by atoms with van der Waals surface area (Å²) in [5.74, 6) is 0.535. The monoisotopic (exact) mass is 158 g/mol. The minimum Gasteiger partial charge on any atom is -0.375 e. The Hall–Kier alpha value is -1.37. The minimum absolute atomic E-state index is 0.156. The standard InChI is InChI=1S/C3H6N6S/c4-3(10)8-6-2-1-5-9-7-2/h1H,(H3,4,8,10)(H2,5,6,7,9). The molecule has 0 saturated carbocycles. The van der Waals surface area contributed by atoms with Gasteiger partial charge in [-0.25, -0.2) is 0 Å². The van der Waals surface area contributed by atoms with Gasteiger partial charge in [0.1, 0.15) is 0 Å². The van der Waals surface area contributed by atoms with E-state index in [0.29, 0.717) is 5.82 Å². The van der Waals surface area contributed by atoms with Crippen molar-refractivity contribution in [3.8, 4) is 0 Å². The molecule has 1 aromatic rings. The normalized spacial score (nSPS) is 8.80. The maximum absolute atomic E-state index is 5.11. The van der Waals surface area contributed by atoms with E-state index in [-0.39, 0.29) is 5.11 Å². The summed E-state index contributed by atoms with van der Waals surface area (Å²) in [4.78, 5) is 0. The van der Waals surface area contributed by atoms with Gasteiger partial charge >= 0.3 is 0 Å². The number of thiocarbonyl (C=S) groups is 1. The van der Waals surface area contributed by atoms with Crippen LogP contribution in [-0.2, 0) is 0 Å². The summed E-state index contributed by atoms with van der Waals surface area (Å²) in [7, 11) is 0. The zero-order valence-corrected chi connectivity index (χ0v) is 5.77. The largest absolute Gasteiger partial charge is 0.375 e. The van der Waals surface area contributed by atoms with E-state index in [2.05, 4.69) is 38.5 Å². The molecule has 0 saturated heterocycles. The number of nitrogens with two attached hydrogens (primary N) is 1. The lowest BCUT2D eigenvalue weighted by atomic mass is 10.8. The number of nitrogens with one attached hydrogen (secondary N) is 3. The van der Waals surface area contributed by atoms with E-state index in [1.807, 2.05) is 0 Å². The molecular formula is C3H6N6S. The highest BCUT2D eigenvalue weighted by molar-refractivity contribution is 7.80. The lowest BCUT2D eigenvalue weighted by Crippen LogP contribution is -2.34. The molecule has 7 heteroatoms.